The van der Waals surface area contributed by atoms with E-state index in [4.69, 9.17) is 0 Å². The molecular weight excluding hydrogens is 298 g/mol. The van der Waals surface area contributed by atoms with E-state index in [2.05, 4.69) is 43.6 Å². The largest absolute Gasteiger partial charge is 0.333 e. The second-order valence-electron chi connectivity index (χ2n) is 7.56. The zero-order chi connectivity index (χ0) is 16.4. The summed E-state index contributed by atoms with van der Waals surface area (Å²) in [5.41, 5.74) is 1.28. The maximum Gasteiger partial charge on any atom is 0.122 e. The minimum Gasteiger partial charge on any atom is -0.333 e. The number of pyridine rings is 1. The molecule has 1 aliphatic heterocycles. The second kappa shape index (κ2) is 7.03. The van der Waals surface area contributed by atoms with E-state index < -0.39 is 0 Å². The van der Waals surface area contributed by atoms with Crippen LogP contribution in [0.1, 0.15) is 24.2 Å². The molecule has 1 saturated carbocycles. The Kier molecular flexibility index (Phi) is 4.63. The molecule has 2 aromatic heterocycles. The molecule has 5 heteroatoms. The lowest BCUT2D eigenvalue weighted by Gasteiger charge is -2.27. The van der Waals surface area contributed by atoms with Crippen molar-refractivity contribution in [1.29, 1.82) is 0 Å². The van der Waals surface area contributed by atoms with Crippen molar-refractivity contribution in [1.82, 2.24) is 24.3 Å². The van der Waals surface area contributed by atoms with Crippen LogP contribution in [0.4, 0.5) is 0 Å². The standard InChI is InChI=1S/C19H27N5/c1-22(10-17-3-2-6-20-9-17)11-18-13-23(12-16-4-5-16)15-19-21-7-8-24(19)14-18/h2-3,6-9,16,18H,4-5,10-15H2,1H3. The van der Waals surface area contributed by atoms with Crippen LogP contribution in [0.5, 0.6) is 0 Å². The maximum atomic E-state index is 4.58. The first-order valence-electron chi connectivity index (χ1n) is 9.06. The van der Waals surface area contributed by atoms with E-state index in [0.29, 0.717) is 5.92 Å². The van der Waals surface area contributed by atoms with Crippen LogP contribution >= 0.6 is 0 Å². The van der Waals surface area contributed by atoms with Crippen molar-refractivity contribution in [3.05, 3.63) is 48.3 Å². The van der Waals surface area contributed by atoms with Gasteiger partial charge in [0.05, 0.1) is 6.54 Å². The van der Waals surface area contributed by atoms with Crippen molar-refractivity contribution in [2.45, 2.75) is 32.5 Å². The maximum absolute atomic E-state index is 4.58. The summed E-state index contributed by atoms with van der Waals surface area (Å²) in [7, 11) is 2.22. The minimum atomic E-state index is 0.640. The SMILES string of the molecule is CN(Cc1cccnc1)CC1CN(CC2CC2)Cc2nccn2C1. The van der Waals surface area contributed by atoms with Crippen LogP contribution < -0.4 is 0 Å². The molecule has 0 aromatic carbocycles. The smallest absolute Gasteiger partial charge is 0.122 e. The van der Waals surface area contributed by atoms with Gasteiger partial charge in [0.15, 0.2) is 0 Å². The predicted molar refractivity (Wildman–Crippen MR) is 94.3 cm³/mol. The lowest BCUT2D eigenvalue weighted by atomic mass is 10.1. The molecule has 1 atom stereocenters. The molecule has 4 rings (SSSR count). The van der Waals surface area contributed by atoms with Crippen LogP contribution in [-0.4, -0.2) is 51.0 Å². The number of fused-ring (bicyclic) bond motifs is 1. The van der Waals surface area contributed by atoms with E-state index >= 15 is 0 Å². The van der Waals surface area contributed by atoms with E-state index in [0.717, 1.165) is 32.1 Å². The van der Waals surface area contributed by atoms with Gasteiger partial charge in [0.1, 0.15) is 5.82 Å². The quantitative estimate of drug-likeness (QED) is 0.816. The summed E-state index contributed by atoms with van der Waals surface area (Å²) in [6, 6.07) is 4.17. The molecule has 24 heavy (non-hydrogen) atoms. The van der Waals surface area contributed by atoms with E-state index in [1.807, 2.05) is 24.7 Å². The number of imidazole rings is 1. The third kappa shape index (κ3) is 4.02. The van der Waals surface area contributed by atoms with Gasteiger partial charge < -0.3 is 9.47 Å². The van der Waals surface area contributed by atoms with E-state index in [-0.39, 0.29) is 0 Å². The summed E-state index contributed by atoms with van der Waals surface area (Å²) in [5.74, 6) is 2.80. The minimum absolute atomic E-state index is 0.640. The number of nitrogens with zero attached hydrogens (tertiary/aromatic N) is 5. The van der Waals surface area contributed by atoms with Crippen LogP contribution in [-0.2, 0) is 19.6 Å². The highest BCUT2D eigenvalue weighted by Gasteiger charge is 2.29. The molecule has 128 valence electrons. The Morgan fingerprint density at radius 1 is 1.21 bits per heavy atom. The summed E-state index contributed by atoms with van der Waals surface area (Å²) in [4.78, 5) is 13.9. The highest BCUT2D eigenvalue weighted by atomic mass is 15.2. The average molecular weight is 325 g/mol. The molecule has 5 nitrogen and oxygen atoms in total. The molecule has 1 unspecified atom stereocenters. The molecule has 0 bridgehead atoms. The Balaban J connectivity index is 1.41. The van der Waals surface area contributed by atoms with Gasteiger partial charge >= 0.3 is 0 Å². The van der Waals surface area contributed by atoms with Gasteiger partial charge in [0, 0.05) is 63.4 Å². The van der Waals surface area contributed by atoms with Crippen LogP contribution in [0, 0.1) is 11.8 Å². The molecule has 0 spiro atoms. The zero-order valence-corrected chi connectivity index (χ0v) is 14.5. The summed E-state index contributed by atoms with van der Waals surface area (Å²) < 4.78 is 2.36. The fraction of sp³-hybridized carbons (Fsp3) is 0.579. The van der Waals surface area contributed by atoms with Crippen molar-refractivity contribution >= 4 is 0 Å². The lowest BCUT2D eigenvalue weighted by Crippen LogP contribution is -2.35. The highest BCUT2D eigenvalue weighted by molar-refractivity contribution is 5.08. The Bertz CT molecular complexity index is 649. The van der Waals surface area contributed by atoms with Gasteiger partial charge in [0.2, 0.25) is 0 Å². The molecule has 1 aliphatic carbocycles. The molecule has 0 N–H and O–H groups in total. The third-order valence-corrected chi connectivity index (χ3v) is 5.10. The molecule has 2 aliphatic rings. The van der Waals surface area contributed by atoms with E-state index in [1.165, 1.54) is 37.3 Å². The van der Waals surface area contributed by atoms with Gasteiger partial charge in [-0.15, -0.1) is 0 Å². The number of hydrogen-bond acceptors (Lipinski definition) is 4. The van der Waals surface area contributed by atoms with Crippen molar-refractivity contribution in [3.63, 3.8) is 0 Å². The fourth-order valence-electron chi connectivity index (χ4n) is 3.85. The van der Waals surface area contributed by atoms with Gasteiger partial charge in [-0.25, -0.2) is 4.98 Å². The molecule has 0 radical (unpaired) electrons. The number of aromatic nitrogens is 3. The van der Waals surface area contributed by atoms with Crippen molar-refractivity contribution in [3.8, 4) is 0 Å². The van der Waals surface area contributed by atoms with Crippen LogP contribution in [0.15, 0.2) is 36.9 Å². The Labute approximate surface area is 144 Å². The molecule has 1 fully saturated rings. The molecule has 0 amide bonds. The van der Waals surface area contributed by atoms with E-state index in [1.54, 1.807) is 0 Å². The Hall–Kier alpha value is -1.72. The molecule has 0 saturated heterocycles. The van der Waals surface area contributed by atoms with Crippen molar-refractivity contribution < 1.29 is 0 Å². The molecular formula is C19H27N5. The van der Waals surface area contributed by atoms with Crippen molar-refractivity contribution in [2.75, 3.05) is 26.7 Å². The van der Waals surface area contributed by atoms with Gasteiger partial charge in [-0.3, -0.25) is 9.88 Å². The van der Waals surface area contributed by atoms with Crippen LogP contribution in [0.3, 0.4) is 0 Å². The average Bonchev–Trinajstić information content (AvgIpc) is 3.30. The monoisotopic (exact) mass is 325 g/mol. The Morgan fingerprint density at radius 2 is 2.12 bits per heavy atom. The van der Waals surface area contributed by atoms with E-state index in [9.17, 15) is 0 Å². The first-order valence-corrected chi connectivity index (χ1v) is 9.06. The summed E-state index contributed by atoms with van der Waals surface area (Å²) in [5, 5.41) is 0. The first kappa shape index (κ1) is 15.8. The zero-order valence-electron chi connectivity index (χ0n) is 14.5. The van der Waals surface area contributed by atoms with Gasteiger partial charge in [-0.1, -0.05) is 6.07 Å². The molecule has 3 heterocycles. The topological polar surface area (TPSA) is 37.2 Å². The fourth-order valence-corrected chi connectivity index (χ4v) is 3.85. The number of rotatable bonds is 6. The first-order chi connectivity index (χ1) is 11.8. The predicted octanol–water partition coefficient (Wildman–Crippen LogP) is 2.25. The summed E-state index contributed by atoms with van der Waals surface area (Å²) in [6.07, 6.45) is 10.7. The lowest BCUT2D eigenvalue weighted by molar-refractivity contribution is 0.180. The summed E-state index contributed by atoms with van der Waals surface area (Å²) >= 11 is 0. The van der Waals surface area contributed by atoms with Gasteiger partial charge in [-0.2, -0.15) is 0 Å². The Morgan fingerprint density at radius 3 is 2.92 bits per heavy atom. The third-order valence-electron chi connectivity index (χ3n) is 5.10. The summed E-state index contributed by atoms with van der Waals surface area (Å²) in [6.45, 7) is 6.57. The number of hydrogen-bond donors (Lipinski definition) is 0. The highest BCUT2D eigenvalue weighted by Crippen LogP contribution is 2.31. The normalized spacial score (nSPS) is 21.7. The second-order valence-corrected chi connectivity index (χ2v) is 7.56. The van der Waals surface area contributed by atoms with Crippen LogP contribution in [0.25, 0.3) is 0 Å². The molecule has 2 aromatic rings. The van der Waals surface area contributed by atoms with Gasteiger partial charge in [-0.05, 0) is 37.4 Å². The van der Waals surface area contributed by atoms with Crippen molar-refractivity contribution in [2.24, 2.45) is 11.8 Å². The van der Waals surface area contributed by atoms with Crippen LogP contribution in [0.2, 0.25) is 0 Å². The van der Waals surface area contributed by atoms with Gasteiger partial charge in [0.25, 0.3) is 0 Å².